The van der Waals surface area contributed by atoms with Gasteiger partial charge in [0.2, 0.25) is 0 Å². The van der Waals surface area contributed by atoms with Crippen molar-refractivity contribution in [2.24, 2.45) is 0 Å². The lowest BCUT2D eigenvalue weighted by molar-refractivity contribution is 0.0690. The first-order chi connectivity index (χ1) is 7.58. The van der Waals surface area contributed by atoms with Crippen LogP contribution in [0.25, 0.3) is 10.8 Å². The maximum absolute atomic E-state index is 10.8. The summed E-state index contributed by atoms with van der Waals surface area (Å²) in [5, 5.41) is 9.41. The van der Waals surface area contributed by atoms with Gasteiger partial charge in [-0.3, -0.25) is 0 Å². The van der Waals surface area contributed by atoms with E-state index in [0.29, 0.717) is 15.7 Å². The fraction of sp³-hybridized carbons (Fsp3) is 0.200. The maximum atomic E-state index is 10.8. The van der Waals surface area contributed by atoms with Crippen LogP contribution < -0.4 is 0 Å². The van der Waals surface area contributed by atoms with Crippen LogP contribution in [0.1, 0.15) is 20.9 Å². The number of aromatic nitrogens is 3. The predicted octanol–water partition coefficient (Wildman–Crippen LogP) is 1.92. The van der Waals surface area contributed by atoms with Crippen molar-refractivity contribution in [3.63, 3.8) is 0 Å². The van der Waals surface area contributed by atoms with Crippen LogP contribution in [-0.2, 0) is 0 Å². The Bertz CT molecular complexity index is 533. The third kappa shape index (κ3) is 1.92. The van der Waals surface area contributed by atoms with Gasteiger partial charge in [0.25, 0.3) is 0 Å². The summed E-state index contributed by atoms with van der Waals surface area (Å²) < 4.78 is 0. The molecule has 0 unspecified atom stereocenters. The largest absolute Gasteiger partial charge is 0.476 e. The van der Waals surface area contributed by atoms with Crippen molar-refractivity contribution < 1.29 is 9.90 Å². The second-order valence-corrected chi connectivity index (χ2v) is 4.52. The number of thiazole rings is 1. The molecule has 0 spiro atoms. The highest BCUT2D eigenvalue weighted by molar-refractivity contribution is 7.15. The minimum atomic E-state index is -1.02. The van der Waals surface area contributed by atoms with Gasteiger partial charge in [-0.15, -0.1) is 11.3 Å². The van der Waals surface area contributed by atoms with E-state index in [4.69, 9.17) is 5.11 Å². The van der Waals surface area contributed by atoms with Crippen molar-refractivity contribution in [3.05, 3.63) is 28.5 Å². The minimum absolute atomic E-state index is 0.0733. The number of aryl methyl sites for hydroxylation is 2. The Labute approximate surface area is 95.8 Å². The summed E-state index contributed by atoms with van der Waals surface area (Å²) in [7, 11) is 0. The molecule has 0 aliphatic rings. The Morgan fingerprint density at radius 2 is 1.94 bits per heavy atom. The van der Waals surface area contributed by atoms with Crippen LogP contribution in [-0.4, -0.2) is 26.0 Å². The van der Waals surface area contributed by atoms with Crippen LogP contribution >= 0.6 is 11.3 Å². The van der Waals surface area contributed by atoms with E-state index >= 15 is 0 Å². The van der Waals surface area contributed by atoms with E-state index < -0.39 is 5.97 Å². The van der Waals surface area contributed by atoms with Gasteiger partial charge < -0.3 is 5.11 Å². The predicted molar refractivity (Wildman–Crippen MR) is 59.6 cm³/mol. The first-order valence-corrected chi connectivity index (χ1v) is 5.39. The van der Waals surface area contributed by atoms with Gasteiger partial charge in [-0.2, -0.15) is 0 Å². The summed E-state index contributed by atoms with van der Waals surface area (Å²) >= 11 is 1.28. The van der Waals surface area contributed by atoms with Gasteiger partial charge in [0.1, 0.15) is 0 Å². The van der Waals surface area contributed by atoms with Gasteiger partial charge >= 0.3 is 5.97 Å². The zero-order valence-corrected chi connectivity index (χ0v) is 9.58. The Hall–Kier alpha value is -1.82. The molecule has 1 N–H and O–H groups in total. The lowest BCUT2D eigenvalue weighted by atomic mass is 10.4. The molecule has 2 rings (SSSR count). The van der Waals surface area contributed by atoms with Crippen molar-refractivity contribution in [1.29, 1.82) is 0 Å². The van der Waals surface area contributed by atoms with Gasteiger partial charge in [-0.25, -0.2) is 19.7 Å². The molecule has 2 heterocycles. The van der Waals surface area contributed by atoms with Gasteiger partial charge in [-0.05, 0) is 19.4 Å². The molecule has 0 aliphatic carbocycles. The third-order valence-corrected chi connectivity index (χ3v) is 2.94. The smallest absolute Gasteiger partial charge is 0.355 e. The number of carbonyl (C=O) groups is 1. The zero-order chi connectivity index (χ0) is 11.7. The Morgan fingerprint density at radius 1 is 1.31 bits per heavy atom. The molecule has 82 valence electrons. The molecule has 0 aliphatic heterocycles. The molecular weight excluding hydrogens is 226 g/mol. The van der Waals surface area contributed by atoms with E-state index in [1.807, 2.05) is 6.92 Å². The molecular formula is C10H9N3O2S. The van der Waals surface area contributed by atoms with Crippen molar-refractivity contribution in [3.8, 4) is 10.8 Å². The summed E-state index contributed by atoms with van der Waals surface area (Å²) in [6, 6.07) is 0. The number of hydrogen-bond donors (Lipinski definition) is 1. The van der Waals surface area contributed by atoms with Crippen LogP contribution in [0.2, 0.25) is 0 Å². The van der Waals surface area contributed by atoms with Gasteiger partial charge in [0.15, 0.2) is 16.5 Å². The number of hydrogen-bond acceptors (Lipinski definition) is 5. The number of aromatic carboxylic acids is 1. The van der Waals surface area contributed by atoms with Gasteiger partial charge in [0, 0.05) is 17.3 Å². The molecule has 0 saturated carbocycles. The number of carboxylic acid groups (broad SMARTS) is 1. The fourth-order valence-electron chi connectivity index (χ4n) is 1.19. The number of nitrogens with zero attached hydrogens (tertiary/aromatic N) is 3. The molecule has 0 bridgehead atoms. The Morgan fingerprint density at radius 3 is 2.44 bits per heavy atom. The molecule has 2 aromatic heterocycles. The second kappa shape index (κ2) is 3.97. The SMILES string of the molecule is Cc1cnc(-c2nc(C(=O)O)c(C)s2)nc1. The highest BCUT2D eigenvalue weighted by Gasteiger charge is 2.16. The molecule has 0 aromatic carbocycles. The Kier molecular flexibility index (Phi) is 2.66. The van der Waals surface area contributed by atoms with E-state index in [0.717, 1.165) is 5.56 Å². The zero-order valence-electron chi connectivity index (χ0n) is 8.76. The quantitative estimate of drug-likeness (QED) is 0.860. The molecule has 2 aromatic rings. The summed E-state index contributed by atoms with van der Waals surface area (Å²) in [6.45, 7) is 3.61. The van der Waals surface area contributed by atoms with Crippen molar-refractivity contribution >= 4 is 17.3 Å². The van der Waals surface area contributed by atoms with Crippen molar-refractivity contribution in [2.75, 3.05) is 0 Å². The van der Waals surface area contributed by atoms with Crippen molar-refractivity contribution in [2.45, 2.75) is 13.8 Å². The maximum Gasteiger partial charge on any atom is 0.355 e. The standard InChI is InChI=1S/C10H9N3O2S/c1-5-3-11-8(12-4-5)9-13-7(10(14)15)6(2)16-9/h3-4H,1-2H3,(H,14,15). The van der Waals surface area contributed by atoms with Gasteiger partial charge in [0.05, 0.1) is 0 Å². The first-order valence-electron chi connectivity index (χ1n) is 4.57. The Balaban J connectivity index is 2.45. The number of carboxylic acids is 1. The normalized spacial score (nSPS) is 10.4. The van der Waals surface area contributed by atoms with Crippen LogP contribution in [0.5, 0.6) is 0 Å². The van der Waals surface area contributed by atoms with Crippen LogP contribution in [0.3, 0.4) is 0 Å². The topological polar surface area (TPSA) is 76.0 Å². The molecule has 0 radical (unpaired) electrons. The van der Waals surface area contributed by atoms with Crippen LogP contribution in [0.4, 0.5) is 0 Å². The molecule has 0 saturated heterocycles. The molecule has 6 heteroatoms. The average molecular weight is 235 g/mol. The second-order valence-electron chi connectivity index (χ2n) is 3.31. The monoisotopic (exact) mass is 235 g/mol. The van der Waals surface area contributed by atoms with E-state index in [-0.39, 0.29) is 5.69 Å². The van der Waals surface area contributed by atoms with Gasteiger partial charge in [-0.1, -0.05) is 0 Å². The first kappa shape index (κ1) is 10.7. The van der Waals surface area contributed by atoms with Crippen molar-refractivity contribution in [1.82, 2.24) is 15.0 Å². The highest BCUT2D eigenvalue weighted by atomic mass is 32.1. The summed E-state index contributed by atoms with van der Waals surface area (Å²) in [4.78, 5) is 23.7. The third-order valence-electron chi connectivity index (χ3n) is 1.97. The summed E-state index contributed by atoms with van der Waals surface area (Å²) in [5.74, 6) is -0.557. The van der Waals surface area contributed by atoms with E-state index in [1.54, 1.807) is 19.3 Å². The van der Waals surface area contributed by atoms with E-state index in [1.165, 1.54) is 11.3 Å². The van der Waals surface area contributed by atoms with E-state index in [2.05, 4.69) is 15.0 Å². The van der Waals surface area contributed by atoms with Crippen LogP contribution in [0.15, 0.2) is 12.4 Å². The lowest BCUT2D eigenvalue weighted by Gasteiger charge is -1.93. The minimum Gasteiger partial charge on any atom is -0.476 e. The highest BCUT2D eigenvalue weighted by Crippen LogP contribution is 2.24. The fourth-order valence-corrected chi connectivity index (χ4v) is 2.05. The molecule has 5 nitrogen and oxygen atoms in total. The number of rotatable bonds is 2. The lowest BCUT2D eigenvalue weighted by Crippen LogP contribution is -1.98. The average Bonchev–Trinajstić information content (AvgIpc) is 2.61. The molecule has 0 atom stereocenters. The molecule has 16 heavy (non-hydrogen) atoms. The molecule has 0 fully saturated rings. The summed E-state index contributed by atoms with van der Waals surface area (Å²) in [6.07, 6.45) is 3.36. The summed E-state index contributed by atoms with van der Waals surface area (Å²) in [5.41, 5.74) is 1.03. The van der Waals surface area contributed by atoms with E-state index in [9.17, 15) is 4.79 Å². The van der Waals surface area contributed by atoms with Crippen LogP contribution in [0, 0.1) is 13.8 Å². The molecule has 0 amide bonds.